The van der Waals surface area contributed by atoms with E-state index < -0.39 is 5.91 Å². The fraction of sp³-hybridized carbons (Fsp3) is 0.450. The molecule has 2 saturated carbocycles. The van der Waals surface area contributed by atoms with Crippen LogP contribution in [0, 0.1) is 38.6 Å². The van der Waals surface area contributed by atoms with Gasteiger partial charge in [-0.2, -0.15) is 5.01 Å². The van der Waals surface area contributed by atoms with Crippen LogP contribution in [0.25, 0.3) is 0 Å². The average molecular weight is 462 g/mol. The zero-order valence-corrected chi connectivity index (χ0v) is 16.5. The number of rotatable bonds is 2. The van der Waals surface area contributed by atoms with E-state index in [1.54, 1.807) is 12.1 Å². The van der Waals surface area contributed by atoms with Crippen molar-refractivity contribution in [1.82, 2.24) is 10.4 Å². The van der Waals surface area contributed by atoms with Crippen molar-refractivity contribution in [2.24, 2.45) is 35.0 Å². The fourth-order valence-corrected chi connectivity index (χ4v) is 5.61. The van der Waals surface area contributed by atoms with Crippen molar-refractivity contribution in [3.05, 3.63) is 45.6 Å². The molecule has 1 spiro atoms. The van der Waals surface area contributed by atoms with Gasteiger partial charge in [-0.25, -0.2) is 0 Å². The van der Waals surface area contributed by atoms with Crippen LogP contribution in [0.4, 0.5) is 0 Å². The van der Waals surface area contributed by atoms with E-state index in [0.29, 0.717) is 23.8 Å². The summed E-state index contributed by atoms with van der Waals surface area (Å²) in [5, 5.41) is 0.983. The minimum Gasteiger partial charge on any atom is -0.273 e. The van der Waals surface area contributed by atoms with Crippen LogP contribution in [0.3, 0.4) is 0 Å². The maximum absolute atomic E-state index is 13.0. The first kappa shape index (κ1) is 16.5. The highest BCUT2D eigenvalue weighted by Crippen LogP contribution is 2.87. The van der Waals surface area contributed by atoms with E-state index in [4.69, 9.17) is 0 Å². The van der Waals surface area contributed by atoms with Gasteiger partial charge < -0.3 is 0 Å². The zero-order valence-electron chi connectivity index (χ0n) is 14.3. The Balaban J connectivity index is 1.42. The van der Waals surface area contributed by atoms with Crippen LogP contribution in [0.2, 0.25) is 0 Å². The van der Waals surface area contributed by atoms with Gasteiger partial charge in [-0.3, -0.25) is 19.8 Å². The molecule has 1 saturated heterocycles. The van der Waals surface area contributed by atoms with Crippen molar-refractivity contribution in [3.8, 4) is 0 Å². The van der Waals surface area contributed by atoms with Gasteiger partial charge in [0, 0.05) is 21.5 Å². The number of halogens is 1. The molecule has 1 aromatic rings. The van der Waals surface area contributed by atoms with E-state index >= 15 is 0 Å². The molecule has 1 N–H and O–H groups in total. The van der Waals surface area contributed by atoms with E-state index in [9.17, 15) is 14.4 Å². The molecule has 6 atom stereocenters. The number of fused-ring (bicyclic) bond motifs is 4. The Morgan fingerprint density at radius 3 is 2.65 bits per heavy atom. The second kappa shape index (κ2) is 5.41. The van der Waals surface area contributed by atoms with Crippen LogP contribution in [0.1, 0.15) is 30.1 Å². The Labute approximate surface area is 165 Å². The van der Waals surface area contributed by atoms with Crippen LogP contribution in [0.15, 0.2) is 36.4 Å². The number of carbonyl (C=O) groups excluding carboxylic acids is 3. The average Bonchev–Trinajstić information content (AvgIpc) is 3.49. The molecule has 134 valence electrons. The lowest BCUT2D eigenvalue weighted by Gasteiger charge is -2.30. The molecule has 5 aliphatic rings. The molecule has 3 aliphatic carbocycles. The van der Waals surface area contributed by atoms with Crippen molar-refractivity contribution >= 4 is 40.3 Å². The molecule has 2 aliphatic heterocycles. The summed E-state index contributed by atoms with van der Waals surface area (Å²) in [5.74, 6) is 0.303. The molecule has 26 heavy (non-hydrogen) atoms. The summed E-state index contributed by atoms with van der Waals surface area (Å²) >= 11 is 2.16. The standard InChI is InChI=1S/C20H19IN2O3/c1-10-14-7-4-12(20-9-15(20)17(14)20)8-16(24)23(19(10)26)22-18(25)11-2-5-13(21)6-3-11/h2-7,10,12,14-15,17H,8-9H2,1H3,(H,22,25)/t10-,12?,14?,15-,17?,20-/m1/s1. The quantitative estimate of drug-likeness (QED) is 0.418. The van der Waals surface area contributed by atoms with E-state index in [1.807, 2.05) is 19.1 Å². The lowest BCUT2D eigenvalue weighted by atomic mass is 9.74. The first-order chi connectivity index (χ1) is 12.4. The van der Waals surface area contributed by atoms with Gasteiger partial charge in [0.25, 0.3) is 11.8 Å². The Morgan fingerprint density at radius 1 is 1.23 bits per heavy atom. The molecule has 6 heteroatoms. The smallest absolute Gasteiger partial charge is 0.270 e. The maximum Gasteiger partial charge on any atom is 0.270 e. The van der Waals surface area contributed by atoms with E-state index in [2.05, 4.69) is 40.2 Å². The van der Waals surface area contributed by atoms with Crippen LogP contribution >= 0.6 is 22.6 Å². The van der Waals surface area contributed by atoms with Crippen molar-refractivity contribution in [3.63, 3.8) is 0 Å². The minimum absolute atomic E-state index is 0.182. The van der Waals surface area contributed by atoms with Crippen LogP contribution in [-0.4, -0.2) is 22.7 Å². The normalized spacial score (nSPS) is 39.5. The summed E-state index contributed by atoms with van der Waals surface area (Å²) in [6, 6.07) is 7.04. The van der Waals surface area contributed by atoms with Crippen molar-refractivity contribution in [2.45, 2.75) is 19.8 Å². The minimum atomic E-state index is -0.428. The van der Waals surface area contributed by atoms with Gasteiger partial charge in [-0.1, -0.05) is 19.1 Å². The van der Waals surface area contributed by atoms with Gasteiger partial charge in [-0.05, 0) is 82.4 Å². The Hall–Kier alpha value is -1.70. The van der Waals surface area contributed by atoms with Gasteiger partial charge >= 0.3 is 0 Å². The summed E-state index contributed by atoms with van der Waals surface area (Å²) in [5.41, 5.74) is 3.28. The second-order valence-corrected chi connectivity index (χ2v) is 9.27. The molecule has 3 amide bonds. The van der Waals surface area contributed by atoms with Gasteiger partial charge in [0.05, 0.1) is 0 Å². The van der Waals surface area contributed by atoms with Crippen molar-refractivity contribution in [2.75, 3.05) is 0 Å². The number of hydrogen-bond acceptors (Lipinski definition) is 3. The fourth-order valence-electron chi connectivity index (χ4n) is 5.25. The van der Waals surface area contributed by atoms with Crippen LogP contribution in [0.5, 0.6) is 0 Å². The number of hydrazine groups is 1. The van der Waals surface area contributed by atoms with Crippen LogP contribution < -0.4 is 5.43 Å². The summed E-state index contributed by atoms with van der Waals surface area (Å²) < 4.78 is 1.02. The summed E-state index contributed by atoms with van der Waals surface area (Å²) in [7, 11) is 0. The topological polar surface area (TPSA) is 66.5 Å². The summed E-state index contributed by atoms with van der Waals surface area (Å²) in [4.78, 5) is 38.4. The Morgan fingerprint density at radius 2 is 1.96 bits per heavy atom. The third-order valence-corrected chi connectivity index (χ3v) is 7.59. The lowest BCUT2D eigenvalue weighted by Crippen LogP contribution is -2.52. The molecular formula is C20H19IN2O3. The predicted octanol–water partition coefficient (Wildman–Crippen LogP) is 2.77. The highest BCUT2D eigenvalue weighted by molar-refractivity contribution is 14.1. The van der Waals surface area contributed by atoms with Crippen molar-refractivity contribution < 1.29 is 14.4 Å². The molecular weight excluding hydrogens is 443 g/mol. The number of hydrogen-bond donors (Lipinski definition) is 1. The molecule has 5 nitrogen and oxygen atoms in total. The number of nitrogens with one attached hydrogen (secondary N) is 1. The second-order valence-electron chi connectivity index (χ2n) is 8.03. The highest BCUT2D eigenvalue weighted by atomic mass is 127. The number of amides is 3. The molecule has 2 heterocycles. The molecule has 6 rings (SSSR count). The number of imide groups is 1. The highest BCUT2D eigenvalue weighted by Gasteiger charge is 2.83. The van der Waals surface area contributed by atoms with Gasteiger partial charge in [0.15, 0.2) is 0 Å². The molecule has 2 bridgehead atoms. The third kappa shape index (κ3) is 2.17. The predicted molar refractivity (Wildman–Crippen MR) is 102 cm³/mol. The third-order valence-electron chi connectivity index (χ3n) is 6.87. The maximum atomic E-state index is 13.0. The number of benzene rings is 1. The molecule has 0 aromatic heterocycles. The number of nitrogens with zero attached hydrogens (tertiary/aromatic N) is 1. The zero-order chi connectivity index (χ0) is 18.2. The summed E-state index contributed by atoms with van der Waals surface area (Å²) in [6.45, 7) is 1.88. The number of carbonyl (C=O) groups is 3. The van der Waals surface area contributed by atoms with Crippen molar-refractivity contribution in [1.29, 1.82) is 0 Å². The Bertz CT molecular complexity index is 864. The largest absolute Gasteiger partial charge is 0.273 e. The first-order valence-corrected chi connectivity index (χ1v) is 10.1. The van der Waals surface area contributed by atoms with Gasteiger partial charge in [0.1, 0.15) is 0 Å². The van der Waals surface area contributed by atoms with E-state index in [-0.39, 0.29) is 35.0 Å². The number of allylic oxidation sites excluding steroid dienone is 2. The van der Waals surface area contributed by atoms with E-state index in [1.165, 1.54) is 6.42 Å². The Kier molecular flexibility index (Phi) is 3.42. The lowest BCUT2D eigenvalue weighted by molar-refractivity contribution is -0.151. The molecule has 0 radical (unpaired) electrons. The van der Waals surface area contributed by atoms with Gasteiger partial charge in [-0.15, -0.1) is 0 Å². The monoisotopic (exact) mass is 462 g/mol. The SMILES string of the molecule is C[C@H]1C(=O)N(NC(=O)c2ccc(I)cc2)C(=O)CC2C=CC1C1[C@H]3C[C@]213. The molecule has 1 aromatic carbocycles. The molecule has 3 unspecified atom stereocenters. The van der Waals surface area contributed by atoms with E-state index in [0.717, 1.165) is 8.58 Å². The van der Waals surface area contributed by atoms with Gasteiger partial charge in [0.2, 0.25) is 5.91 Å². The van der Waals surface area contributed by atoms with Crippen LogP contribution in [-0.2, 0) is 9.59 Å². The summed E-state index contributed by atoms with van der Waals surface area (Å²) in [6.07, 6.45) is 5.78. The molecule has 3 fully saturated rings. The first-order valence-electron chi connectivity index (χ1n) is 9.05.